The van der Waals surface area contributed by atoms with Crippen molar-refractivity contribution in [2.24, 2.45) is 5.73 Å². The maximum Gasteiger partial charge on any atom is 0.0601 e. The number of hydrogen-bond acceptors (Lipinski definition) is 3. The topological polar surface area (TPSA) is 49.5 Å². The van der Waals surface area contributed by atoms with Crippen LogP contribution in [0, 0.1) is 0 Å². The van der Waals surface area contributed by atoms with E-state index in [-0.39, 0.29) is 18.7 Å². The highest BCUT2D eigenvalue weighted by molar-refractivity contribution is 4.81. The largest absolute Gasteiger partial charge is 0.395 e. The molecule has 2 unspecified atom stereocenters. The molecule has 15 heavy (non-hydrogen) atoms. The molecule has 0 saturated carbocycles. The molecule has 0 heterocycles. The van der Waals surface area contributed by atoms with Crippen molar-refractivity contribution in [2.45, 2.75) is 58.5 Å². The van der Waals surface area contributed by atoms with Gasteiger partial charge in [0.15, 0.2) is 0 Å². The van der Waals surface area contributed by atoms with Crippen LogP contribution in [0.4, 0.5) is 0 Å². The first-order valence-electron chi connectivity index (χ1n) is 6.31. The van der Waals surface area contributed by atoms with Gasteiger partial charge in [-0.25, -0.2) is 0 Å². The van der Waals surface area contributed by atoms with Gasteiger partial charge in [0.1, 0.15) is 0 Å². The smallest absolute Gasteiger partial charge is 0.0601 e. The van der Waals surface area contributed by atoms with Crippen molar-refractivity contribution in [3.63, 3.8) is 0 Å². The lowest BCUT2D eigenvalue weighted by Crippen LogP contribution is -2.50. The van der Waals surface area contributed by atoms with Crippen LogP contribution in [0.5, 0.6) is 0 Å². The van der Waals surface area contributed by atoms with E-state index < -0.39 is 0 Å². The number of aliphatic hydroxyl groups excluding tert-OH is 1. The summed E-state index contributed by atoms with van der Waals surface area (Å²) in [6.07, 6.45) is 4.32. The number of rotatable bonds is 9. The van der Waals surface area contributed by atoms with Crippen LogP contribution in [-0.2, 0) is 0 Å². The van der Waals surface area contributed by atoms with Crippen LogP contribution < -0.4 is 5.73 Å². The fraction of sp³-hybridized carbons (Fsp3) is 1.00. The van der Waals surface area contributed by atoms with Gasteiger partial charge in [-0.05, 0) is 32.4 Å². The molecule has 0 bridgehead atoms. The first-order chi connectivity index (χ1) is 7.21. The summed E-state index contributed by atoms with van der Waals surface area (Å²) in [5.74, 6) is 0. The molecule has 2 atom stereocenters. The van der Waals surface area contributed by atoms with Crippen molar-refractivity contribution in [3.8, 4) is 0 Å². The summed E-state index contributed by atoms with van der Waals surface area (Å²) in [5, 5.41) is 9.43. The van der Waals surface area contributed by atoms with E-state index in [2.05, 4.69) is 25.7 Å². The molecular formula is C12H28N2O. The Balaban J connectivity index is 4.28. The van der Waals surface area contributed by atoms with Gasteiger partial charge in [-0.1, -0.05) is 27.2 Å². The molecule has 0 saturated heterocycles. The molecule has 0 spiro atoms. The Morgan fingerprint density at radius 3 is 1.93 bits per heavy atom. The van der Waals surface area contributed by atoms with E-state index in [4.69, 9.17) is 5.73 Å². The summed E-state index contributed by atoms with van der Waals surface area (Å²) >= 11 is 0. The molecule has 3 nitrogen and oxygen atoms in total. The normalized spacial score (nSPS) is 15.6. The third-order valence-electron chi connectivity index (χ3n) is 2.79. The minimum absolute atomic E-state index is 0.109. The zero-order valence-electron chi connectivity index (χ0n) is 10.6. The monoisotopic (exact) mass is 216 g/mol. The van der Waals surface area contributed by atoms with Gasteiger partial charge in [0.05, 0.1) is 6.61 Å². The van der Waals surface area contributed by atoms with E-state index in [0.717, 1.165) is 38.8 Å². The predicted octanol–water partition coefficient (Wildman–Crippen LogP) is 1.60. The highest BCUT2D eigenvalue weighted by Gasteiger charge is 2.22. The predicted molar refractivity (Wildman–Crippen MR) is 65.9 cm³/mol. The first-order valence-corrected chi connectivity index (χ1v) is 6.31. The number of nitrogens with two attached hydrogens (primary N) is 1. The lowest BCUT2D eigenvalue weighted by molar-refractivity contribution is 0.101. The molecule has 0 aliphatic carbocycles. The lowest BCUT2D eigenvalue weighted by Gasteiger charge is -2.34. The second-order valence-corrected chi connectivity index (χ2v) is 4.24. The van der Waals surface area contributed by atoms with Gasteiger partial charge in [0, 0.05) is 12.1 Å². The SMILES string of the molecule is CCCC(N)C(CO)N(CCC)CCC. The fourth-order valence-electron chi connectivity index (χ4n) is 2.07. The summed E-state index contributed by atoms with van der Waals surface area (Å²) in [5.41, 5.74) is 6.10. The second kappa shape index (κ2) is 9.13. The van der Waals surface area contributed by atoms with Crippen LogP contribution in [0.25, 0.3) is 0 Å². The first kappa shape index (κ1) is 14.9. The molecule has 0 radical (unpaired) electrons. The van der Waals surface area contributed by atoms with Crippen LogP contribution in [-0.4, -0.2) is 41.8 Å². The Labute approximate surface area is 94.6 Å². The average molecular weight is 216 g/mol. The van der Waals surface area contributed by atoms with Crippen LogP contribution in [0.1, 0.15) is 46.5 Å². The minimum Gasteiger partial charge on any atom is -0.395 e. The molecule has 0 aromatic heterocycles. The van der Waals surface area contributed by atoms with Crippen molar-refractivity contribution >= 4 is 0 Å². The van der Waals surface area contributed by atoms with Gasteiger partial charge in [-0.2, -0.15) is 0 Å². The van der Waals surface area contributed by atoms with E-state index in [9.17, 15) is 5.11 Å². The highest BCUT2D eigenvalue weighted by atomic mass is 16.3. The van der Waals surface area contributed by atoms with Gasteiger partial charge in [0.2, 0.25) is 0 Å². The van der Waals surface area contributed by atoms with Crippen molar-refractivity contribution in [3.05, 3.63) is 0 Å². The molecule has 0 aliphatic rings. The van der Waals surface area contributed by atoms with Crippen LogP contribution in [0.3, 0.4) is 0 Å². The highest BCUT2D eigenvalue weighted by Crippen LogP contribution is 2.09. The molecular weight excluding hydrogens is 188 g/mol. The Hall–Kier alpha value is -0.120. The summed E-state index contributed by atoms with van der Waals surface area (Å²) in [7, 11) is 0. The van der Waals surface area contributed by atoms with Crippen LogP contribution in [0.15, 0.2) is 0 Å². The van der Waals surface area contributed by atoms with Crippen molar-refractivity contribution in [1.29, 1.82) is 0 Å². The molecule has 0 aliphatic heterocycles. The molecule has 3 heteroatoms. The molecule has 0 rings (SSSR count). The van der Waals surface area contributed by atoms with E-state index in [0.29, 0.717) is 0 Å². The van der Waals surface area contributed by atoms with Crippen molar-refractivity contribution in [2.75, 3.05) is 19.7 Å². The number of hydrogen-bond donors (Lipinski definition) is 2. The maximum atomic E-state index is 9.43. The summed E-state index contributed by atoms with van der Waals surface area (Å²) < 4.78 is 0. The van der Waals surface area contributed by atoms with E-state index in [1.807, 2.05) is 0 Å². The van der Waals surface area contributed by atoms with Crippen LogP contribution >= 0.6 is 0 Å². The summed E-state index contributed by atoms with van der Waals surface area (Å²) in [6, 6.07) is 0.253. The van der Waals surface area contributed by atoms with Gasteiger partial charge in [-0.3, -0.25) is 4.90 Å². The van der Waals surface area contributed by atoms with Crippen LogP contribution in [0.2, 0.25) is 0 Å². The lowest BCUT2D eigenvalue weighted by atomic mass is 10.0. The molecule has 0 aromatic rings. The molecule has 3 N–H and O–H groups in total. The quantitative estimate of drug-likeness (QED) is 0.615. The molecule has 0 fully saturated rings. The summed E-state index contributed by atoms with van der Waals surface area (Å²) in [4.78, 5) is 2.33. The standard InChI is InChI=1S/C12H28N2O/c1-4-7-11(13)12(10-15)14(8-5-2)9-6-3/h11-12,15H,4-10,13H2,1-3H3. The number of aliphatic hydroxyl groups is 1. The summed E-state index contributed by atoms with van der Waals surface area (Å²) in [6.45, 7) is 8.73. The minimum atomic E-state index is 0.109. The van der Waals surface area contributed by atoms with Gasteiger partial charge >= 0.3 is 0 Å². The zero-order chi connectivity index (χ0) is 11.7. The van der Waals surface area contributed by atoms with Crippen molar-refractivity contribution < 1.29 is 5.11 Å². The molecule has 92 valence electrons. The van der Waals surface area contributed by atoms with Gasteiger partial charge in [0.25, 0.3) is 0 Å². The molecule has 0 aromatic carbocycles. The Morgan fingerprint density at radius 2 is 1.60 bits per heavy atom. The van der Waals surface area contributed by atoms with Gasteiger partial charge in [-0.15, -0.1) is 0 Å². The molecule has 0 amide bonds. The van der Waals surface area contributed by atoms with E-state index in [1.165, 1.54) is 0 Å². The Kier molecular flexibility index (Phi) is 9.06. The third kappa shape index (κ3) is 5.50. The average Bonchev–Trinajstić information content (AvgIpc) is 2.20. The maximum absolute atomic E-state index is 9.43. The van der Waals surface area contributed by atoms with E-state index in [1.54, 1.807) is 0 Å². The Bertz CT molecular complexity index is 136. The van der Waals surface area contributed by atoms with Crippen molar-refractivity contribution in [1.82, 2.24) is 4.90 Å². The Morgan fingerprint density at radius 1 is 1.07 bits per heavy atom. The second-order valence-electron chi connectivity index (χ2n) is 4.24. The van der Waals surface area contributed by atoms with Gasteiger partial charge < -0.3 is 10.8 Å². The fourth-order valence-corrected chi connectivity index (χ4v) is 2.07. The third-order valence-corrected chi connectivity index (χ3v) is 2.79. The zero-order valence-corrected chi connectivity index (χ0v) is 10.6. The number of nitrogens with zero attached hydrogens (tertiary/aromatic N) is 1. The van der Waals surface area contributed by atoms with E-state index >= 15 is 0 Å².